The van der Waals surface area contributed by atoms with Gasteiger partial charge in [-0.1, -0.05) is 37.1 Å². The van der Waals surface area contributed by atoms with Crippen molar-refractivity contribution in [1.82, 2.24) is 10.6 Å². The van der Waals surface area contributed by atoms with Crippen LogP contribution >= 0.6 is 0 Å². The average molecular weight is 274 g/mol. The third-order valence-electron chi connectivity index (χ3n) is 4.54. The number of benzene rings is 1. The number of aliphatic hydroxyl groups is 1. The largest absolute Gasteiger partial charge is 0.388 e. The Kier molecular flexibility index (Phi) is 3.76. The fourth-order valence-electron chi connectivity index (χ4n) is 3.31. The summed E-state index contributed by atoms with van der Waals surface area (Å²) in [5.41, 5.74) is 1.62. The molecule has 0 radical (unpaired) electrons. The van der Waals surface area contributed by atoms with Gasteiger partial charge in [0.2, 0.25) is 5.91 Å². The van der Waals surface area contributed by atoms with Crippen molar-refractivity contribution in [3.8, 4) is 0 Å². The zero-order valence-corrected chi connectivity index (χ0v) is 11.7. The summed E-state index contributed by atoms with van der Waals surface area (Å²) < 4.78 is 0. The van der Waals surface area contributed by atoms with E-state index in [1.165, 1.54) is 5.56 Å². The minimum absolute atomic E-state index is 0.0185. The van der Waals surface area contributed by atoms with E-state index in [2.05, 4.69) is 16.7 Å². The van der Waals surface area contributed by atoms with E-state index in [9.17, 15) is 9.90 Å². The van der Waals surface area contributed by atoms with E-state index >= 15 is 0 Å². The Morgan fingerprint density at radius 1 is 1.35 bits per heavy atom. The molecule has 1 saturated carbocycles. The molecule has 0 aromatic heterocycles. The highest BCUT2D eigenvalue weighted by Crippen LogP contribution is 2.29. The molecule has 1 amide bonds. The zero-order valence-electron chi connectivity index (χ0n) is 11.7. The molecule has 20 heavy (non-hydrogen) atoms. The van der Waals surface area contributed by atoms with E-state index < -0.39 is 5.60 Å². The maximum absolute atomic E-state index is 12.4. The van der Waals surface area contributed by atoms with Crippen molar-refractivity contribution in [2.24, 2.45) is 0 Å². The number of nitrogens with one attached hydrogen (secondary N) is 2. The molecule has 1 aromatic carbocycles. The summed E-state index contributed by atoms with van der Waals surface area (Å²) in [5.74, 6) is -0.130. The van der Waals surface area contributed by atoms with Gasteiger partial charge < -0.3 is 15.7 Å². The molecule has 4 heteroatoms. The maximum atomic E-state index is 12.4. The van der Waals surface area contributed by atoms with Crippen molar-refractivity contribution in [2.45, 2.75) is 43.7 Å². The van der Waals surface area contributed by atoms with Crippen LogP contribution < -0.4 is 10.6 Å². The highest BCUT2D eigenvalue weighted by molar-refractivity contribution is 5.84. The van der Waals surface area contributed by atoms with E-state index in [0.717, 1.165) is 37.8 Å². The van der Waals surface area contributed by atoms with E-state index in [0.29, 0.717) is 13.1 Å². The third-order valence-corrected chi connectivity index (χ3v) is 4.54. The lowest BCUT2D eigenvalue weighted by molar-refractivity contribution is -0.123. The molecule has 1 fully saturated rings. The van der Waals surface area contributed by atoms with Gasteiger partial charge in [-0.05, 0) is 24.0 Å². The summed E-state index contributed by atoms with van der Waals surface area (Å²) in [5, 5.41) is 16.5. The standard InChI is InChI=1S/C16H22N2O2/c19-15(18-11-16(20)7-3-4-8-16)14-10-17-9-12-5-1-2-6-13(12)14/h1-2,5-6,14,17,20H,3-4,7-11H2,(H,18,19). The molecule has 0 bridgehead atoms. The summed E-state index contributed by atoms with van der Waals surface area (Å²) in [4.78, 5) is 12.4. The third kappa shape index (κ3) is 2.72. The number of rotatable bonds is 3. The Labute approximate surface area is 119 Å². The van der Waals surface area contributed by atoms with Crippen LogP contribution in [0.15, 0.2) is 24.3 Å². The lowest BCUT2D eigenvalue weighted by Crippen LogP contribution is -2.45. The second-order valence-corrected chi connectivity index (χ2v) is 6.03. The monoisotopic (exact) mass is 274 g/mol. The number of amides is 1. The smallest absolute Gasteiger partial charge is 0.228 e. The molecule has 0 saturated heterocycles. The highest BCUT2D eigenvalue weighted by atomic mass is 16.3. The molecule has 1 aliphatic heterocycles. The Morgan fingerprint density at radius 2 is 2.10 bits per heavy atom. The second-order valence-electron chi connectivity index (χ2n) is 6.03. The Hall–Kier alpha value is -1.39. The number of hydrogen-bond acceptors (Lipinski definition) is 3. The van der Waals surface area contributed by atoms with Crippen molar-refractivity contribution in [3.05, 3.63) is 35.4 Å². The van der Waals surface area contributed by atoms with Gasteiger partial charge in [0, 0.05) is 19.6 Å². The van der Waals surface area contributed by atoms with Crippen LogP contribution in [-0.4, -0.2) is 29.7 Å². The number of carbonyl (C=O) groups excluding carboxylic acids is 1. The summed E-state index contributed by atoms with van der Waals surface area (Å²) >= 11 is 0. The summed E-state index contributed by atoms with van der Waals surface area (Å²) in [6.45, 7) is 1.87. The van der Waals surface area contributed by atoms with Crippen molar-refractivity contribution < 1.29 is 9.90 Å². The van der Waals surface area contributed by atoms with Crippen LogP contribution in [0.2, 0.25) is 0 Å². The lowest BCUT2D eigenvalue weighted by Gasteiger charge is -2.28. The van der Waals surface area contributed by atoms with Crippen LogP contribution in [0.25, 0.3) is 0 Å². The minimum atomic E-state index is -0.683. The quantitative estimate of drug-likeness (QED) is 0.778. The fraction of sp³-hybridized carbons (Fsp3) is 0.562. The van der Waals surface area contributed by atoms with E-state index in [-0.39, 0.29) is 11.8 Å². The predicted molar refractivity (Wildman–Crippen MR) is 77.3 cm³/mol. The molecule has 0 spiro atoms. The van der Waals surface area contributed by atoms with Gasteiger partial charge in [0.05, 0.1) is 11.5 Å². The van der Waals surface area contributed by atoms with Crippen LogP contribution in [0.4, 0.5) is 0 Å². The van der Waals surface area contributed by atoms with Gasteiger partial charge in [0.1, 0.15) is 0 Å². The molecule has 1 unspecified atom stereocenters. The lowest BCUT2D eigenvalue weighted by atomic mass is 9.90. The first-order valence-corrected chi connectivity index (χ1v) is 7.47. The molecular weight excluding hydrogens is 252 g/mol. The van der Waals surface area contributed by atoms with Crippen LogP contribution in [0.3, 0.4) is 0 Å². The molecule has 108 valence electrons. The van der Waals surface area contributed by atoms with Crippen LogP contribution in [-0.2, 0) is 11.3 Å². The van der Waals surface area contributed by atoms with Crippen LogP contribution in [0.5, 0.6) is 0 Å². The van der Waals surface area contributed by atoms with E-state index in [1.807, 2.05) is 18.2 Å². The minimum Gasteiger partial charge on any atom is -0.388 e. The number of fused-ring (bicyclic) bond motifs is 1. The number of hydrogen-bond donors (Lipinski definition) is 3. The first-order chi connectivity index (χ1) is 9.68. The average Bonchev–Trinajstić information content (AvgIpc) is 2.91. The van der Waals surface area contributed by atoms with Gasteiger partial charge in [-0.15, -0.1) is 0 Å². The molecular formula is C16H22N2O2. The van der Waals surface area contributed by atoms with Gasteiger partial charge in [-0.3, -0.25) is 4.79 Å². The summed E-state index contributed by atoms with van der Waals surface area (Å²) in [6.07, 6.45) is 3.71. The first kappa shape index (κ1) is 13.6. The summed E-state index contributed by atoms with van der Waals surface area (Å²) in [7, 11) is 0. The van der Waals surface area contributed by atoms with E-state index in [4.69, 9.17) is 0 Å². The van der Waals surface area contributed by atoms with Gasteiger partial charge >= 0.3 is 0 Å². The summed E-state index contributed by atoms with van der Waals surface area (Å²) in [6, 6.07) is 8.08. The molecule has 4 nitrogen and oxygen atoms in total. The SMILES string of the molecule is O=C(NCC1(O)CCCC1)C1CNCc2ccccc21. The molecule has 2 aliphatic rings. The zero-order chi connectivity index (χ0) is 14.0. The van der Waals surface area contributed by atoms with Crippen molar-refractivity contribution in [2.75, 3.05) is 13.1 Å². The fourth-order valence-corrected chi connectivity index (χ4v) is 3.31. The van der Waals surface area contributed by atoms with E-state index in [1.54, 1.807) is 0 Å². The van der Waals surface area contributed by atoms with Gasteiger partial charge in [0.25, 0.3) is 0 Å². The molecule has 1 aliphatic carbocycles. The van der Waals surface area contributed by atoms with Crippen LogP contribution in [0.1, 0.15) is 42.7 Å². The Morgan fingerprint density at radius 3 is 2.90 bits per heavy atom. The molecule has 3 rings (SSSR count). The predicted octanol–water partition coefficient (Wildman–Crippen LogP) is 1.29. The van der Waals surface area contributed by atoms with Crippen LogP contribution in [0, 0.1) is 0 Å². The Bertz CT molecular complexity index is 495. The molecule has 3 N–H and O–H groups in total. The topological polar surface area (TPSA) is 61.4 Å². The molecule has 1 aromatic rings. The Balaban J connectivity index is 1.66. The van der Waals surface area contributed by atoms with Crippen molar-refractivity contribution in [1.29, 1.82) is 0 Å². The normalized spacial score (nSPS) is 24.1. The van der Waals surface area contributed by atoms with Crippen molar-refractivity contribution in [3.63, 3.8) is 0 Å². The second kappa shape index (κ2) is 5.54. The maximum Gasteiger partial charge on any atom is 0.228 e. The molecule has 1 heterocycles. The number of carbonyl (C=O) groups is 1. The van der Waals surface area contributed by atoms with Gasteiger partial charge in [-0.25, -0.2) is 0 Å². The highest BCUT2D eigenvalue weighted by Gasteiger charge is 2.33. The van der Waals surface area contributed by atoms with Crippen molar-refractivity contribution >= 4 is 5.91 Å². The molecule has 1 atom stereocenters. The van der Waals surface area contributed by atoms with Gasteiger partial charge in [0.15, 0.2) is 0 Å². The van der Waals surface area contributed by atoms with Gasteiger partial charge in [-0.2, -0.15) is 0 Å². The first-order valence-electron chi connectivity index (χ1n) is 7.47.